The number of nitrogens with zero attached hydrogens (tertiary/aromatic N) is 1. The second-order valence-corrected chi connectivity index (χ2v) is 5.61. The van der Waals surface area contributed by atoms with Crippen LogP contribution in [0.25, 0.3) is 0 Å². The van der Waals surface area contributed by atoms with Crippen LogP contribution >= 0.6 is 11.8 Å². The zero-order chi connectivity index (χ0) is 12.9. The van der Waals surface area contributed by atoms with Crippen molar-refractivity contribution in [2.24, 2.45) is 5.73 Å². The lowest BCUT2D eigenvalue weighted by atomic mass is 10.1. The van der Waals surface area contributed by atoms with Gasteiger partial charge in [0.2, 0.25) is 0 Å². The maximum Gasteiger partial charge on any atom is 0.136 e. The minimum Gasteiger partial charge on any atom is -0.495 e. The molecule has 0 aliphatic heterocycles. The van der Waals surface area contributed by atoms with Crippen LogP contribution in [0.4, 0.5) is 0 Å². The van der Waals surface area contributed by atoms with Crippen molar-refractivity contribution in [3.8, 4) is 11.8 Å². The number of methoxy groups -OCH3 is 1. The molecule has 0 aliphatic rings. The molecule has 0 saturated heterocycles. The van der Waals surface area contributed by atoms with Gasteiger partial charge in [-0.15, -0.1) is 0 Å². The summed E-state index contributed by atoms with van der Waals surface area (Å²) in [6.45, 7) is 4.03. The molecule has 0 heterocycles. The van der Waals surface area contributed by atoms with E-state index >= 15 is 0 Å². The number of rotatable bonds is 5. The summed E-state index contributed by atoms with van der Waals surface area (Å²) in [4.78, 5) is 0. The molecule has 0 spiro atoms. The Kier molecular flexibility index (Phi) is 4.86. The van der Waals surface area contributed by atoms with Gasteiger partial charge in [0, 0.05) is 17.0 Å². The maximum absolute atomic E-state index is 8.87. The van der Waals surface area contributed by atoms with E-state index in [9.17, 15) is 0 Å². The van der Waals surface area contributed by atoms with Crippen molar-refractivity contribution < 1.29 is 4.74 Å². The minimum absolute atomic E-state index is 0.151. The fourth-order valence-corrected chi connectivity index (χ4v) is 2.39. The average Bonchev–Trinajstić information content (AvgIpc) is 2.27. The van der Waals surface area contributed by atoms with Crippen molar-refractivity contribution in [3.63, 3.8) is 0 Å². The SMILES string of the molecule is COc1cc(CSCC(C)(C)N)ccc1C#N. The third-order valence-corrected chi connectivity index (χ3v) is 3.61. The Bertz CT molecular complexity index is 418. The zero-order valence-corrected chi connectivity index (χ0v) is 11.3. The average molecular weight is 250 g/mol. The summed E-state index contributed by atoms with van der Waals surface area (Å²) in [6.07, 6.45) is 0. The predicted molar refractivity (Wildman–Crippen MR) is 72.1 cm³/mol. The molecule has 0 bridgehead atoms. The Morgan fingerprint density at radius 1 is 1.47 bits per heavy atom. The summed E-state index contributed by atoms with van der Waals surface area (Å²) in [7, 11) is 1.58. The smallest absolute Gasteiger partial charge is 0.136 e. The van der Waals surface area contributed by atoms with Crippen molar-refractivity contribution in [2.75, 3.05) is 12.9 Å². The Hall–Kier alpha value is -1.18. The fraction of sp³-hybridized carbons (Fsp3) is 0.462. The monoisotopic (exact) mass is 250 g/mol. The van der Waals surface area contributed by atoms with Gasteiger partial charge in [-0.05, 0) is 31.5 Å². The lowest BCUT2D eigenvalue weighted by Gasteiger charge is -2.17. The van der Waals surface area contributed by atoms with Crippen LogP contribution in [-0.2, 0) is 5.75 Å². The van der Waals surface area contributed by atoms with Crippen LogP contribution in [0, 0.1) is 11.3 Å². The van der Waals surface area contributed by atoms with Gasteiger partial charge >= 0.3 is 0 Å². The second kappa shape index (κ2) is 5.95. The van der Waals surface area contributed by atoms with Gasteiger partial charge < -0.3 is 10.5 Å². The summed E-state index contributed by atoms with van der Waals surface area (Å²) in [5.74, 6) is 2.41. The Labute approximate surface area is 107 Å². The van der Waals surface area contributed by atoms with Crippen LogP contribution in [0.5, 0.6) is 5.75 Å². The highest BCUT2D eigenvalue weighted by Crippen LogP contribution is 2.23. The number of ether oxygens (including phenoxy) is 1. The van der Waals surface area contributed by atoms with Crippen molar-refractivity contribution >= 4 is 11.8 Å². The third-order valence-electron chi connectivity index (χ3n) is 2.13. The van der Waals surface area contributed by atoms with E-state index in [1.54, 1.807) is 24.9 Å². The van der Waals surface area contributed by atoms with E-state index in [0.29, 0.717) is 11.3 Å². The van der Waals surface area contributed by atoms with Gasteiger partial charge in [-0.1, -0.05) is 6.07 Å². The molecule has 92 valence electrons. The lowest BCUT2D eigenvalue weighted by Crippen LogP contribution is -2.34. The van der Waals surface area contributed by atoms with E-state index in [1.165, 1.54) is 0 Å². The molecule has 0 atom stereocenters. The molecular formula is C13H18N2OS. The number of benzene rings is 1. The number of hydrogen-bond acceptors (Lipinski definition) is 4. The quantitative estimate of drug-likeness (QED) is 0.872. The second-order valence-electron chi connectivity index (χ2n) is 4.63. The first-order valence-corrected chi connectivity index (χ1v) is 6.55. The lowest BCUT2D eigenvalue weighted by molar-refractivity contribution is 0.413. The van der Waals surface area contributed by atoms with Crippen LogP contribution in [-0.4, -0.2) is 18.4 Å². The van der Waals surface area contributed by atoms with Crippen LogP contribution in [0.3, 0.4) is 0 Å². The molecule has 0 amide bonds. The molecule has 1 aromatic carbocycles. The molecule has 0 aromatic heterocycles. The number of hydrogen-bond donors (Lipinski definition) is 1. The zero-order valence-electron chi connectivity index (χ0n) is 10.5. The minimum atomic E-state index is -0.151. The van der Waals surface area contributed by atoms with Gasteiger partial charge in [0.15, 0.2) is 0 Å². The van der Waals surface area contributed by atoms with Crippen LogP contribution < -0.4 is 10.5 Å². The van der Waals surface area contributed by atoms with Crippen LogP contribution in [0.15, 0.2) is 18.2 Å². The topological polar surface area (TPSA) is 59.0 Å². The number of thioether (sulfide) groups is 1. The summed E-state index contributed by atoms with van der Waals surface area (Å²) in [5.41, 5.74) is 7.48. The number of nitriles is 1. The molecule has 2 N–H and O–H groups in total. The van der Waals surface area contributed by atoms with E-state index < -0.39 is 0 Å². The van der Waals surface area contributed by atoms with Crippen LogP contribution in [0.2, 0.25) is 0 Å². The third kappa shape index (κ3) is 4.68. The van der Waals surface area contributed by atoms with Gasteiger partial charge in [-0.3, -0.25) is 0 Å². The fourth-order valence-electron chi connectivity index (χ4n) is 1.35. The first kappa shape index (κ1) is 13.9. The van der Waals surface area contributed by atoms with Gasteiger partial charge in [-0.25, -0.2) is 0 Å². The largest absolute Gasteiger partial charge is 0.495 e. The molecule has 0 aliphatic carbocycles. The Balaban J connectivity index is 2.64. The van der Waals surface area contributed by atoms with Gasteiger partial charge in [0.1, 0.15) is 11.8 Å². The van der Waals surface area contributed by atoms with Crippen molar-refractivity contribution in [3.05, 3.63) is 29.3 Å². The molecule has 0 saturated carbocycles. The molecule has 4 heteroatoms. The summed E-state index contributed by atoms with van der Waals surface area (Å²) >= 11 is 1.78. The highest BCUT2D eigenvalue weighted by atomic mass is 32.2. The summed E-state index contributed by atoms with van der Waals surface area (Å²) < 4.78 is 5.17. The highest BCUT2D eigenvalue weighted by Gasteiger charge is 2.10. The maximum atomic E-state index is 8.87. The molecule has 1 rings (SSSR count). The molecular weight excluding hydrogens is 232 g/mol. The van der Waals surface area contributed by atoms with Gasteiger partial charge in [0.05, 0.1) is 12.7 Å². The summed E-state index contributed by atoms with van der Waals surface area (Å²) in [6, 6.07) is 7.76. The molecule has 1 aromatic rings. The van der Waals surface area contributed by atoms with Crippen molar-refractivity contribution in [2.45, 2.75) is 25.1 Å². The van der Waals surface area contributed by atoms with Crippen molar-refractivity contribution in [1.82, 2.24) is 0 Å². The van der Waals surface area contributed by atoms with E-state index in [4.69, 9.17) is 15.7 Å². The number of nitrogens with two attached hydrogens (primary N) is 1. The van der Waals surface area contributed by atoms with E-state index in [2.05, 4.69) is 6.07 Å². The summed E-state index contributed by atoms with van der Waals surface area (Å²) in [5, 5.41) is 8.87. The Morgan fingerprint density at radius 3 is 2.71 bits per heavy atom. The van der Waals surface area contributed by atoms with E-state index in [-0.39, 0.29) is 5.54 Å². The molecule has 3 nitrogen and oxygen atoms in total. The van der Waals surface area contributed by atoms with Crippen LogP contribution in [0.1, 0.15) is 25.0 Å². The van der Waals surface area contributed by atoms with Crippen molar-refractivity contribution in [1.29, 1.82) is 5.26 Å². The molecule has 0 fully saturated rings. The molecule has 0 unspecified atom stereocenters. The molecule has 17 heavy (non-hydrogen) atoms. The van der Waals surface area contributed by atoms with E-state index in [0.717, 1.165) is 17.1 Å². The first-order valence-electron chi connectivity index (χ1n) is 5.40. The van der Waals surface area contributed by atoms with Gasteiger partial charge in [-0.2, -0.15) is 17.0 Å². The highest BCUT2D eigenvalue weighted by molar-refractivity contribution is 7.98. The predicted octanol–water partition coefficient (Wildman–Crippen LogP) is 2.54. The van der Waals surface area contributed by atoms with Gasteiger partial charge in [0.25, 0.3) is 0 Å². The first-order chi connectivity index (χ1) is 7.96. The molecule has 0 radical (unpaired) electrons. The van der Waals surface area contributed by atoms with E-state index in [1.807, 2.05) is 26.0 Å². The Morgan fingerprint density at radius 2 is 2.18 bits per heavy atom. The standard InChI is InChI=1S/C13H18N2OS/c1-13(2,15)9-17-8-10-4-5-11(7-14)12(6-10)16-3/h4-6H,8-9,15H2,1-3H3. The normalized spacial score (nSPS) is 11.0.